The fourth-order valence-electron chi connectivity index (χ4n) is 1.59. The van der Waals surface area contributed by atoms with Crippen LogP contribution in [0.1, 0.15) is 11.1 Å². The van der Waals surface area contributed by atoms with Gasteiger partial charge in [0.05, 0.1) is 11.4 Å². The van der Waals surface area contributed by atoms with Crippen LogP contribution in [-0.4, -0.2) is 0 Å². The van der Waals surface area contributed by atoms with Crippen molar-refractivity contribution in [1.29, 1.82) is 0 Å². The summed E-state index contributed by atoms with van der Waals surface area (Å²) in [7, 11) is 0. The minimum absolute atomic E-state index is 0.610. The first kappa shape index (κ1) is 11.3. The molecular formula is C14H17N3. The van der Waals surface area contributed by atoms with Gasteiger partial charge in [-0.2, -0.15) is 0 Å². The molecule has 5 N–H and O–H groups in total. The summed E-state index contributed by atoms with van der Waals surface area (Å²) in [6.07, 6.45) is 0. The lowest BCUT2D eigenvalue weighted by Crippen LogP contribution is -2.01. The number of hydrogen-bond donors (Lipinski definition) is 3. The van der Waals surface area contributed by atoms with Gasteiger partial charge in [-0.05, 0) is 30.7 Å². The SMILES string of the molecule is Cc1ccc(CNc2ccc(N)c(N)c2)cc1. The maximum Gasteiger partial charge on any atom is 0.0568 e. The van der Waals surface area contributed by atoms with Crippen LogP contribution in [0.2, 0.25) is 0 Å². The van der Waals surface area contributed by atoms with E-state index in [4.69, 9.17) is 11.5 Å². The molecule has 0 saturated carbocycles. The molecule has 0 fully saturated rings. The lowest BCUT2D eigenvalue weighted by Gasteiger charge is -2.08. The molecule has 3 heteroatoms. The Morgan fingerprint density at radius 3 is 2.29 bits per heavy atom. The summed E-state index contributed by atoms with van der Waals surface area (Å²) in [4.78, 5) is 0. The third kappa shape index (κ3) is 2.91. The highest BCUT2D eigenvalue weighted by Gasteiger charge is 1.97. The summed E-state index contributed by atoms with van der Waals surface area (Å²) in [6.45, 7) is 2.86. The molecule has 0 spiro atoms. The number of anilines is 3. The van der Waals surface area contributed by atoms with Gasteiger partial charge in [-0.3, -0.25) is 0 Å². The Hall–Kier alpha value is -2.16. The van der Waals surface area contributed by atoms with Gasteiger partial charge < -0.3 is 16.8 Å². The summed E-state index contributed by atoms with van der Waals surface area (Å²) in [5.41, 5.74) is 16.1. The Balaban J connectivity index is 2.02. The van der Waals surface area contributed by atoms with Crippen LogP contribution < -0.4 is 16.8 Å². The second kappa shape index (κ2) is 4.78. The molecule has 0 heterocycles. The minimum atomic E-state index is 0.610. The van der Waals surface area contributed by atoms with Gasteiger partial charge in [0.1, 0.15) is 0 Å². The van der Waals surface area contributed by atoms with Crippen LogP contribution in [0.5, 0.6) is 0 Å². The molecule has 2 rings (SSSR count). The summed E-state index contributed by atoms with van der Waals surface area (Å²) >= 11 is 0. The van der Waals surface area contributed by atoms with E-state index in [0.29, 0.717) is 11.4 Å². The van der Waals surface area contributed by atoms with Gasteiger partial charge in [0.25, 0.3) is 0 Å². The fourth-order valence-corrected chi connectivity index (χ4v) is 1.59. The molecule has 2 aromatic rings. The van der Waals surface area contributed by atoms with Gasteiger partial charge in [0.2, 0.25) is 0 Å². The third-order valence-corrected chi connectivity index (χ3v) is 2.70. The molecule has 2 aromatic carbocycles. The number of rotatable bonds is 3. The standard InChI is InChI=1S/C14H17N3/c1-10-2-4-11(5-3-10)9-17-12-6-7-13(15)14(16)8-12/h2-8,17H,9,15-16H2,1H3. The van der Waals surface area contributed by atoms with Gasteiger partial charge >= 0.3 is 0 Å². The Morgan fingerprint density at radius 1 is 0.941 bits per heavy atom. The number of nitrogens with two attached hydrogens (primary N) is 2. The van der Waals surface area contributed by atoms with Crippen molar-refractivity contribution < 1.29 is 0 Å². The second-order valence-corrected chi connectivity index (χ2v) is 4.18. The van der Waals surface area contributed by atoms with E-state index in [1.807, 2.05) is 18.2 Å². The highest BCUT2D eigenvalue weighted by Crippen LogP contribution is 2.20. The van der Waals surface area contributed by atoms with E-state index in [1.54, 1.807) is 0 Å². The molecule has 0 aromatic heterocycles. The van der Waals surface area contributed by atoms with Crippen LogP contribution in [-0.2, 0) is 6.54 Å². The molecule has 0 amide bonds. The van der Waals surface area contributed by atoms with Crippen LogP contribution in [0, 0.1) is 6.92 Å². The fraction of sp³-hybridized carbons (Fsp3) is 0.143. The molecule has 0 radical (unpaired) electrons. The van der Waals surface area contributed by atoms with Crippen molar-refractivity contribution in [3.8, 4) is 0 Å². The number of aryl methyl sites for hydroxylation is 1. The van der Waals surface area contributed by atoms with Gasteiger partial charge in [0, 0.05) is 12.2 Å². The summed E-state index contributed by atoms with van der Waals surface area (Å²) in [5.74, 6) is 0. The topological polar surface area (TPSA) is 64.1 Å². The zero-order valence-corrected chi connectivity index (χ0v) is 9.90. The molecule has 0 aliphatic carbocycles. The molecule has 0 aliphatic rings. The van der Waals surface area contributed by atoms with Gasteiger partial charge in [-0.25, -0.2) is 0 Å². The van der Waals surface area contributed by atoms with Crippen LogP contribution in [0.15, 0.2) is 42.5 Å². The van der Waals surface area contributed by atoms with E-state index in [9.17, 15) is 0 Å². The first-order valence-corrected chi connectivity index (χ1v) is 5.59. The van der Waals surface area contributed by atoms with E-state index in [1.165, 1.54) is 11.1 Å². The average molecular weight is 227 g/mol. The van der Waals surface area contributed by atoms with Crippen molar-refractivity contribution in [2.24, 2.45) is 0 Å². The molecule has 0 bridgehead atoms. The smallest absolute Gasteiger partial charge is 0.0568 e. The Morgan fingerprint density at radius 2 is 1.65 bits per heavy atom. The Labute approximate surface area is 101 Å². The number of nitrogen functional groups attached to an aromatic ring is 2. The largest absolute Gasteiger partial charge is 0.397 e. The van der Waals surface area contributed by atoms with Crippen LogP contribution >= 0.6 is 0 Å². The zero-order valence-electron chi connectivity index (χ0n) is 9.90. The van der Waals surface area contributed by atoms with Crippen LogP contribution in [0.3, 0.4) is 0 Å². The number of hydrogen-bond acceptors (Lipinski definition) is 3. The maximum atomic E-state index is 5.74. The molecule has 0 saturated heterocycles. The quantitative estimate of drug-likeness (QED) is 0.706. The predicted molar refractivity (Wildman–Crippen MR) is 73.8 cm³/mol. The van der Waals surface area contributed by atoms with E-state index >= 15 is 0 Å². The Kier molecular flexibility index (Phi) is 3.19. The van der Waals surface area contributed by atoms with Crippen molar-refractivity contribution in [2.75, 3.05) is 16.8 Å². The lowest BCUT2D eigenvalue weighted by atomic mass is 10.1. The summed E-state index contributed by atoms with van der Waals surface area (Å²) < 4.78 is 0. The molecule has 88 valence electrons. The normalized spacial score (nSPS) is 10.2. The predicted octanol–water partition coefficient (Wildman–Crippen LogP) is 2.77. The molecule has 17 heavy (non-hydrogen) atoms. The molecular weight excluding hydrogens is 210 g/mol. The zero-order chi connectivity index (χ0) is 12.3. The van der Waals surface area contributed by atoms with E-state index in [-0.39, 0.29) is 0 Å². The van der Waals surface area contributed by atoms with Crippen LogP contribution in [0.4, 0.5) is 17.1 Å². The number of benzene rings is 2. The molecule has 0 aliphatic heterocycles. The lowest BCUT2D eigenvalue weighted by molar-refractivity contribution is 1.15. The highest BCUT2D eigenvalue weighted by molar-refractivity contribution is 5.69. The molecule has 0 atom stereocenters. The number of nitrogens with one attached hydrogen (secondary N) is 1. The van der Waals surface area contributed by atoms with Gasteiger partial charge in [-0.15, -0.1) is 0 Å². The third-order valence-electron chi connectivity index (χ3n) is 2.70. The van der Waals surface area contributed by atoms with Gasteiger partial charge in [0.15, 0.2) is 0 Å². The van der Waals surface area contributed by atoms with Crippen LogP contribution in [0.25, 0.3) is 0 Å². The van der Waals surface area contributed by atoms with E-state index in [2.05, 4.69) is 36.5 Å². The first-order chi connectivity index (χ1) is 8.15. The van der Waals surface area contributed by atoms with Crippen molar-refractivity contribution in [3.63, 3.8) is 0 Å². The van der Waals surface area contributed by atoms with Crippen molar-refractivity contribution in [3.05, 3.63) is 53.6 Å². The monoisotopic (exact) mass is 227 g/mol. The first-order valence-electron chi connectivity index (χ1n) is 5.59. The van der Waals surface area contributed by atoms with Gasteiger partial charge in [-0.1, -0.05) is 29.8 Å². The Bertz CT molecular complexity index is 503. The molecule has 0 unspecified atom stereocenters. The summed E-state index contributed by atoms with van der Waals surface area (Å²) in [6, 6.07) is 14.0. The summed E-state index contributed by atoms with van der Waals surface area (Å²) in [5, 5.41) is 3.31. The van der Waals surface area contributed by atoms with Crippen molar-refractivity contribution in [1.82, 2.24) is 0 Å². The van der Waals surface area contributed by atoms with Crippen molar-refractivity contribution >= 4 is 17.1 Å². The second-order valence-electron chi connectivity index (χ2n) is 4.18. The minimum Gasteiger partial charge on any atom is -0.397 e. The highest BCUT2D eigenvalue weighted by atomic mass is 14.9. The van der Waals surface area contributed by atoms with E-state index in [0.717, 1.165) is 12.2 Å². The average Bonchev–Trinajstić information content (AvgIpc) is 2.33. The molecule has 3 nitrogen and oxygen atoms in total. The van der Waals surface area contributed by atoms with E-state index < -0.39 is 0 Å². The van der Waals surface area contributed by atoms with Crippen molar-refractivity contribution in [2.45, 2.75) is 13.5 Å². The maximum absolute atomic E-state index is 5.74.